The highest BCUT2D eigenvalue weighted by Crippen LogP contribution is 2.20. The summed E-state index contributed by atoms with van der Waals surface area (Å²) in [4.78, 5) is 6.80. The lowest BCUT2D eigenvalue weighted by molar-refractivity contribution is 0.134. The molecule has 1 saturated heterocycles. The molecule has 1 fully saturated rings. The minimum absolute atomic E-state index is 0.331. The van der Waals surface area contributed by atoms with Crippen LogP contribution in [0.3, 0.4) is 0 Å². The predicted octanol–water partition coefficient (Wildman–Crippen LogP) is 3.25. The molecule has 2 aromatic carbocycles. The van der Waals surface area contributed by atoms with Crippen LogP contribution in [0.2, 0.25) is 0 Å². The smallest absolute Gasteiger partial charge is 0.191 e. The van der Waals surface area contributed by atoms with Gasteiger partial charge in [-0.25, -0.2) is 4.39 Å². The first kappa shape index (κ1) is 20.1. The largest absolute Gasteiger partial charge is 0.505 e. The van der Waals surface area contributed by atoms with Gasteiger partial charge in [0.2, 0.25) is 0 Å². The van der Waals surface area contributed by atoms with E-state index in [2.05, 4.69) is 51.7 Å². The summed E-state index contributed by atoms with van der Waals surface area (Å²) in [6, 6.07) is 15.8. The molecule has 0 aromatic heterocycles. The maximum absolute atomic E-state index is 13.5. The zero-order chi connectivity index (χ0) is 19.9. The highest BCUT2D eigenvalue weighted by atomic mass is 19.1. The van der Waals surface area contributed by atoms with Gasteiger partial charge in [-0.3, -0.25) is 9.89 Å². The summed E-state index contributed by atoms with van der Waals surface area (Å²) in [5, 5.41) is 16.0. The number of phenolic OH excluding ortho intramolecular Hbond substituents is 1. The van der Waals surface area contributed by atoms with E-state index in [-0.39, 0.29) is 5.75 Å². The summed E-state index contributed by atoms with van der Waals surface area (Å²) in [6.07, 6.45) is 2.09. The molecule has 6 heteroatoms. The van der Waals surface area contributed by atoms with Crippen molar-refractivity contribution in [1.29, 1.82) is 0 Å². The van der Waals surface area contributed by atoms with Crippen LogP contribution in [0, 0.1) is 5.82 Å². The highest BCUT2D eigenvalue weighted by molar-refractivity contribution is 5.80. The Morgan fingerprint density at radius 3 is 2.68 bits per heavy atom. The van der Waals surface area contributed by atoms with Crippen LogP contribution in [-0.4, -0.2) is 41.6 Å². The molecule has 2 aromatic rings. The molecule has 1 heterocycles. The molecular formula is C22H29FN4O. The minimum Gasteiger partial charge on any atom is -0.505 e. The van der Waals surface area contributed by atoms with Gasteiger partial charge in [0.05, 0.1) is 0 Å². The Balaban J connectivity index is 1.48. The summed E-state index contributed by atoms with van der Waals surface area (Å²) in [7, 11) is 1.74. The van der Waals surface area contributed by atoms with Gasteiger partial charge in [-0.05, 0) is 43.0 Å². The third kappa shape index (κ3) is 5.45. The number of aromatic hydroxyl groups is 1. The van der Waals surface area contributed by atoms with E-state index >= 15 is 0 Å². The first-order valence-corrected chi connectivity index (χ1v) is 9.77. The highest BCUT2D eigenvalue weighted by Gasteiger charge is 2.25. The molecule has 1 aliphatic heterocycles. The molecule has 2 atom stereocenters. The number of hydrogen-bond donors (Lipinski definition) is 3. The van der Waals surface area contributed by atoms with Crippen LogP contribution in [0.4, 0.5) is 4.39 Å². The number of benzene rings is 2. The molecular weight excluding hydrogens is 355 g/mol. The van der Waals surface area contributed by atoms with Gasteiger partial charge in [-0.15, -0.1) is 0 Å². The van der Waals surface area contributed by atoms with Gasteiger partial charge in [0.25, 0.3) is 0 Å². The molecule has 3 N–H and O–H groups in total. The number of hydrogen-bond acceptors (Lipinski definition) is 3. The van der Waals surface area contributed by atoms with Gasteiger partial charge >= 0.3 is 0 Å². The molecule has 0 radical (unpaired) electrons. The van der Waals surface area contributed by atoms with E-state index in [4.69, 9.17) is 0 Å². The topological polar surface area (TPSA) is 59.9 Å². The maximum atomic E-state index is 13.5. The van der Waals surface area contributed by atoms with Gasteiger partial charge in [0.15, 0.2) is 17.5 Å². The standard InChI is InChI=1S/C22H29FN4O/c1-16-12-19(10-11-27(16)15-17-6-4-3-5-7-17)26-22(24-2)25-14-18-8-9-21(28)20(23)13-18/h3-9,13,16,19,28H,10-12,14-15H2,1-2H3,(H2,24,25,26). The maximum Gasteiger partial charge on any atom is 0.191 e. The Bertz CT molecular complexity index is 796. The third-order valence-electron chi connectivity index (χ3n) is 5.28. The fourth-order valence-corrected chi connectivity index (χ4v) is 3.64. The van der Waals surface area contributed by atoms with Crippen molar-refractivity contribution >= 4 is 5.96 Å². The van der Waals surface area contributed by atoms with E-state index in [1.54, 1.807) is 13.1 Å². The van der Waals surface area contributed by atoms with Gasteiger partial charge in [0, 0.05) is 38.8 Å². The SMILES string of the molecule is CN=C(NCc1ccc(O)c(F)c1)NC1CCN(Cc2ccccc2)C(C)C1. The van der Waals surface area contributed by atoms with Crippen LogP contribution in [0.25, 0.3) is 0 Å². The van der Waals surface area contributed by atoms with Crippen molar-refractivity contribution in [3.63, 3.8) is 0 Å². The molecule has 150 valence electrons. The minimum atomic E-state index is -0.609. The first-order chi connectivity index (χ1) is 13.5. The Kier molecular flexibility index (Phi) is 6.87. The molecule has 2 unspecified atom stereocenters. The van der Waals surface area contributed by atoms with Crippen LogP contribution in [-0.2, 0) is 13.1 Å². The summed E-state index contributed by atoms with van der Waals surface area (Å²) in [5.41, 5.74) is 2.10. The number of aliphatic imine (C=N–C) groups is 1. The van der Waals surface area contributed by atoms with Crippen molar-refractivity contribution < 1.29 is 9.50 Å². The predicted molar refractivity (Wildman–Crippen MR) is 111 cm³/mol. The molecule has 1 aliphatic rings. The van der Waals surface area contributed by atoms with E-state index in [0.29, 0.717) is 24.6 Å². The van der Waals surface area contributed by atoms with Crippen molar-refractivity contribution in [2.45, 2.75) is 44.9 Å². The summed E-state index contributed by atoms with van der Waals surface area (Å²) >= 11 is 0. The first-order valence-electron chi connectivity index (χ1n) is 9.77. The molecule has 0 spiro atoms. The number of halogens is 1. The van der Waals surface area contributed by atoms with Gasteiger partial charge in [0.1, 0.15) is 0 Å². The van der Waals surface area contributed by atoms with Crippen LogP contribution >= 0.6 is 0 Å². The second kappa shape index (κ2) is 9.55. The number of phenols is 1. The Labute approximate surface area is 166 Å². The third-order valence-corrected chi connectivity index (χ3v) is 5.28. The number of likely N-dealkylation sites (tertiary alicyclic amines) is 1. The number of piperidine rings is 1. The second-order valence-corrected chi connectivity index (χ2v) is 7.38. The van der Waals surface area contributed by atoms with Crippen LogP contribution in [0.1, 0.15) is 30.9 Å². The molecule has 0 aliphatic carbocycles. The van der Waals surface area contributed by atoms with E-state index in [9.17, 15) is 9.50 Å². The van der Waals surface area contributed by atoms with Gasteiger partial charge in [-0.2, -0.15) is 0 Å². The normalized spacial score (nSPS) is 20.8. The van der Waals surface area contributed by atoms with Crippen molar-refractivity contribution in [2.75, 3.05) is 13.6 Å². The lowest BCUT2D eigenvalue weighted by Gasteiger charge is -2.38. The second-order valence-electron chi connectivity index (χ2n) is 7.38. The average Bonchev–Trinajstić information content (AvgIpc) is 2.70. The van der Waals surface area contributed by atoms with E-state index < -0.39 is 5.82 Å². The van der Waals surface area contributed by atoms with Crippen molar-refractivity contribution in [3.8, 4) is 5.75 Å². The van der Waals surface area contributed by atoms with E-state index in [1.165, 1.54) is 17.7 Å². The molecule has 0 bridgehead atoms. The lowest BCUT2D eigenvalue weighted by Crippen LogP contribution is -2.51. The Hall–Kier alpha value is -2.60. The average molecular weight is 384 g/mol. The van der Waals surface area contributed by atoms with Crippen molar-refractivity contribution in [3.05, 3.63) is 65.5 Å². The summed E-state index contributed by atoms with van der Waals surface area (Å²) < 4.78 is 13.5. The van der Waals surface area contributed by atoms with Crippen LogP contribution < -0.4 is 10.6 Å². The number of nitrogens with one attached hydrogen (secondary N) is 2. The lowest BCUT2D eigenvalue weighted by atomic mass is 9.97. The Morgan fingerprint density at radius 1 is 1.21 bits per heavy atom. The molecule has 28 heavy (non-hydrogen) atoms. The van der Waals surface area contributed by atoms with Crippen LogP contribution in [0.5, 0.6) is 5.75 Å². The molecule has 0 amide bonds. The molecule has 0 saturated carbocycles. The zero-order valence-corrected chi connectivity index (χ0v) is 16.5. The fourth-order valence-electron chi connectivity index (χ4n) is 3.64. The van der Waals surface area contributed by atoms with Crippen molar-refractivity contribution in [1.82, 2.24) is 15.5 Å². The number of guanidine groups is 1. The summed E-state index contributed by atoms with van der Waals surface area (Å²) in [5.74, 6) is -0.230. The van der Waals surface area contributed by atoms with Gasteiger partial charge < -0.3 is 15.7 Å². The number of nitrogens with zero attached hydrogens (tertiary/aromatic N) is 2. The van der Waals surface area contributed by atoms with E-state index in [1.807, 2.05) is 6.07 Å². The van der Waals surface area contributed by atoms with Crippen molar-refractivity contribution in [2.24, 2.45) is 4.99 Å². The Morgan fingerprint density at radius 2 is 2.00 bits per heavy atom. The van der Waals surface area contributed by atoms with E-state index in [0.717, 1.165) is 31.5 Å². The zero-order valence-electron chi connectivity index (χ0n) is 16.5. The van der Waals surface area contributed by atoms with Crippen LogP contribution in [0.15, 0.2) is 53.5 Å². The quantitative estimate of drug-likeness (QED) is 0.547. The number of rotatable bonds is 5. The molecule has 5 nitrogen and oxygen atoms in total. The summed E-state index contributed by atoms with van der Waals surface area (Å²) in [6.45, 7) is 4.73. The van der Waals surface area contributed by atoms with Gasteiger partial charge in [-0.1, -0.05) is 36.4 Å². The fraction of sp³-hybridized carbons (Fsp3) is 0.409. The monoisotopic (exact) mass is 384 g/mol. The molecule has 3 rings (SSSR count).